The highest BCUT2D eigenvalue weighted by Gasteiger charge is 2.21. The molecular weight excluding hydrogens is 288 g/mol. The van der Waals surface area contributed by atoms with E-state index in [4.69, 9.17) is 0 Å². The monoisotopic (exact) mass is 304 g/mol. The van der Waals surface area contributed by atoms with E-state index < -0.39 is 5.97 Å². The zero-order valence-corrected chi connectivity index (χ0v) is 12.7. The van der Waals surface area contributed by atoms with Gasteiger partial charge in [0.1, 0.15) is 4.88 Å². The lowest BCUT2D eigenvalue weighted by molar-refractivity contribution is 0.0591. The first-order chi connectivity index (χ1) is 10.1. The predicted molar refractivity (Wildman–Crippen MR) is 82.1 cm³/mol. The largest absolute Gasteiger partial charge is 0.464 e. The van der Waals surface area contributed by atoms with Gasteiger partial charge < -0.3 is 10.1 Å². The Morgan fingerprint density at radius 2 is 2.00 bits per heavy atom. The number of carbonyl (C=O) groups is 2. The molecule has 6 heteroatoms. The molecule has 0 radical (unpaired) electrons. The molecule has 0 aliphatic heterocycles. The predicted octanol–water partition coefficient (Wildman–Crippen LogP) is 2.79. The zero-order chi connectivity index (χ0) is 15.2. The molecule has 0 spiro atoms. The van der Waals surface area contributed by atoms with E-state index in [9.17, 15) is 9.59 Å². The summed E-state index contributed by atoms with van der Waals surface area (Å²) in [6, 6.07) is 10.0. The number of benzene rings is 1. The number of aromatic nitrogens is 1. The fourth-order valence-corrected chi connectivity index (χ4v) is 2.70. The highest BCUT2D eigenvalue weighted by atomic mass is 32.1. The van der Waals surface area contributed by atoms with Crippen LogP contribution in [0.3, 0.4) is 0 Å². The third-order valence-corrected chi connectivity index (χ3v) is 3.97. The zero-order valence-electron chi connectivity index (χ0n) is 11.9. The Balaban J connectivity index is 2.03. The second-order valence-corrected chi connectivity index (χ2v) is 5.41. The van der Waals surface area contributed by atoms with Gasteiger partial charge in [0.15, 0.2) is 16.6 Å². The number of hydrogen-bond acceptors (Lipinski definition) is 6. The lowest BCUT2D eigenvalue weighted by Gasteiger charge is -2.02. The molecule has 1 N–H and O–H groups in total. The molecule has 21 heavy (non-hydrogen) atoms. The van der Waals surface area contributed by atoms with Crippen LogP contribution in [-0.4, -0.2) is 30.4 Å². The second kappa shape index (κ2) is 6.99. The van der Waals surface area contributed by atoms with Gasteiger partial charge in [0, 0.05) is 13.5 Å². The Bertz CT molecular complexity index is 638. The van der Waals surface area contributed by atoms with Crippen molar-refractivity contribution in [3.05, 3.63) is 46.5 Å². The van der Waals surface area contributed by atoms with Gasteiger partial charge in [0.05, 0.1) is 7.11 Å². The molecule has 1 aromatic heterocycles. The molecule has 0 saturated heterocycles. The molecule has 0 aliphatic rings. The van der Waals surface area contributed by atoms with Crippen molar-refractivity contribution in [2.45, 2.75) is 13.3 Å². The number of nitrogens with one attached hydrogen (secondary N) is 1. The summed E-state index contributed by atoms with van der Waals surface area (Å²) in [5.74, 6) is -0.781. The van der Waals surface area contributed by atoms with E-state index >= 15 is 0 Å². The third kappa shape index (κ3) is 3.88. The minimum absolute atomic E-state index is 0.0808. The maximum Gasteiger partial charge on any atom is 0.358 e. The number of thiazole rings is 1. The van der Waals surface area contributed by atoms with Gasteiger partial charge in [-0.15, -0.1) is 0 Å². The van der Waals surface area contributed by atoms with Gasteiger partial charge in [-0.3, -0.25) is 4.79 Å². The summed E-state index contributed by atoms with van der Waals surface area (Å²) in [6.45, 7) is 2.09. The number of hydrogen-bond donors (Lipinski definition) is 1. The lowest BCUT2D eigenvalue weighted by atomic mass is 10.1. The van der Waals surface area contributed by atoms with Crippen LogP contribution in [0.1, 0.15) is 32.6 Å². The normalized spacial score (nSPS) is 10.2. The summed E-state index contributed by atoms with van der Waals surface area (Å²) in [6.07, 6.45) is 0.837. The molecule has 0 unspecified atom stereocenters. The first kappa shape index (κ1) is 15.2. The summed E-state index contributed by atoms with van der Waals surface area (Å²) < 4.78 is 4.64. The minimum atomic E-state index is -0.590. The summed E-state index contributed by atoms with van der Waals surface area (Å²) in [5, 5.41) is 3.69. The number of Topliss-reactive ketones (excluding diaryl/α,β-unsaturated/α-hetero) is 1. The van der Waals surface area contributed by atoms with Crippen LogP contribution < -0.4 is 5.32 Å². The molecule has 5 nitrogen and oxygen atoms in total. The van der Waals surface area contributed by atoms with Gasteiger partial charge in [-0.2, -0.15) is 0 Å². The molecule has 110 valence electrons. The Hall–Kier alpha value is -2.21. The highest BCUT2D eigenvalue weighted by molar-refractivity contribution is 7.17. The van der Waals surface area contributed by atoms with E-state index in [2.05, 4.69) is 15.0 Å². The van der Waals surface area contributed by atoms with Crippen molar-refractivity contribution in [3.63, 3.8) is 0 Å². The van der Waals surface area contributed by atoms with Gasteiger partial charge in [-0.25, -0.2) is 9.78 Å². The maximum absolute atomic E-state index is 11.6. The number of carbonyl (C=O) groups excluding carboxylic acids is 2. The Morgan fingerprint density at radius 1 is 1.29 bits per heavy atom. The van der Waals surface area contributed by atoms with Gasteiger partial charge in [0.25, 0.3) is 0 Å². The molecule has 0 atom stereocenters. The number of ether oxygens (including phenoxy) is 1. The van der Waals surface area contributed by atoms with E-state index in [1.807, 2.05) is 30.3 Å². The summed E-state index contributed by atoms with van der Waals surface area (Å²) in [4.78, 5) is 27.6. The van der Waals surface area contributed by atoms with Crippen molar-refractivity contribution in [2.24, 2.45) is 0 Å². The molecule has 0 amide bonds. The number of nitrogens with zero attached hydrogens (tertiary/aromatic N) is 1. The van der Waals surface area contributed by atoms with Gasteiger partial charge in [-0.05, 0) is 12.0 Å². The van der Waals surface area contributed by atoms with Crippen LogP contribution in [0.5, 0.6) is 0 Å². The first-order valence-electron chi connectivity index (χ1n) is 6.49. The van der Waals surface area contributed by atoms with E-state index in [0.717, 1.165) is 6.42 Å². The first-order valence-corrected chi connectivity index (χ1v) is 7.31. The van der Waals surface area contributed by atoms with Crippen LogP contribution in [0.4, 0.5) is 5.13 Å². The fraction of sp³-hybridized carbons (Fsp3) is 0.267. The molecule has 1 heterocycles. The molecule has 2 aromatic rings. The smallest absolute Gasteiger partial charge is 0.358 e. The van der Waals surface area contributed by atoms with E-state index in [1.165, 1.54) is 30.9 Å². The molecule has 0 fully saturated rings. The highest BCUT2D eigenvalue weighted by Crippen LogP contribution is 2.24. The lowest BCUT2D eigenvalue weighted by Crippen LogP contribution is -2.08. The molecule has 0 saturated carbocycles. The summed E-state index contributed by atoms with van der Waals surface area (Å²) in [7, 11) is 1.27. The van der Waals surface area contributed by atoms with E-state index in [0.29, 0.717) is 16.6 Å². The van der Waals surface area contributed by atoms with Crippen LogP contribution in [-0.2, 0) is 11.2 Å². The average molecular weight is 304 g/mol. The number of rotatable bonds is 6. The molecule has 0 bridgehead atoms. The van der Waals surface area contributed by atoms with Crippen molar-refractivity contribution < 1.29 is 14.3 Å². The number of anilines is 1. The summed E-state index contributed by atoms with van der Waals surface area (Å²) in [5.41, 5.74) is 1.29. The SMILES string of the molecule is COC(=O)c1nc(NCCc2ccccc2)sc1C(C)=O. The van der Waals surface area contributed by atoms with Crippen LogP contribution in [0, 0.1) is 0 Å². The van der Waals surface area contributed by atoms with E-state index in [-0.39, 0.29) is 11.5 Å². The average Bonchev–Trinajstić information content (AvgIpc) is 2.92. The van der Waals surface area contributed by atoms with Gasteiger partial charge >= 0.3 is 5.97 Å². The van der Waals surface area contributed by atoms with Crippen molar-refractivity contribution in [1.82, 2.24) is 4.98 Å². The van der Waals surface area contributed by atoms with Crippen molar-refractivity contribution >= 4 is 28.2 Å². The third-order valence-electron chi connectivity index (χ3n) is 2.86. The molecule has 2 rings (SSSR count). The maximum atomic E-state index is 11.6. The molecule has 1 aromatic carbocycles. The van der Waals surface area contributed by atoms with Crippen molar-refractivity contribution in [1.29, 1.82) is 0 Å². The molecule has 0 aliphatic carbocycles. The quantitative estimate of drug-likeness (QED) is 0.656. The summed E-state index contributed by atoms with van der Waals surface area (Å²) >= 11 is 1.17. The Morgan fingerprint density at radius 3 is 2.62 bits per heavy atom. The van der Waals surface area contributed by atoms with Gasteiger partial charge in [-0.1, -0.05) is 41.7 Å². The Labute approximate surface area is 127 Å². The van der Waals surface area contributed by atoms with Crippen LogP contribution >= 0.6 is 11.3 Å². The van der Waals surface area contributed by atoms with Crippen molar-refractivity contribution in [3.8, 4) is 0 Å². The fourth-order valence-electron chi connectivity index (χ4n) is 1.83. The Kier molecular flexibility index (Phi) is 5.05. The molecular formula is C15H16N2O3S. The topological polar surface area (TPSA) is 68.3 Å². The van der Waals surface area contributed by atoms with Crippen LogP contribution in [0.2, 0.25) is 0 Å². The minimum Gasteiger partial charge on any atom is -0.464 e. The van der Waals surface area contributed by atoms with Crippen molar-refractivity contribution in [2.75, 3.05) is 19.0 Å². The second-order valence-electron chi connectivity index (χ2n) is 4.41. The van der Waals surface area contributed by atoms with Crippen LogP contribution in [0.25, 0.3) is 0 Å². The number of ketones is 1. The number of esters is 1. The number of methoxy groups -OCH3 is 1. The van der Waals surface area contributed by atoms with Crippen LogP contribution in [0.15, 0.2) is 30.3 Å². The van der Waals surface area contributed by atoms with Gasteiger partial charge in [0.2, 0.25) is 0 Å². The van der Waals surface area contributed by atoms with E-state index in [1.54, 1.807) is 0 Å². The standard InChI is InChI=1S/C15H16N2O3S/c1-10(18)13-12(14(19)20-2)17-15(21-13)16-9-8-11-6-4-3-5-7-11/h3-7H,8-9H2,1-2H3,(H,16,17).